The third kappa shape index (κ3) is 2.66. The van der Waals surface area contributed by atoms with Crippen LogP contribution in [-0.2, 0) is 13.0 Å². The van der Waals surface area contributed by atoms with E-state index in [0.717, 1.165) is 30.6 Å². The standard InChI is InChI=1S/C18H16N2O/c1-13(21)16-5-6-18-17(10-16)7-8-20(18)12-15-4-2-3-14(9-15)11-19/h2-6,9-10H,7-8,12H2,1H3. The van der Waals surface area contributed by atoms with Gasteiger partial charge in [-0.1, -0.05) is 12.1 Å². The van der Waals surface area contributed by atoms with Gasteiger partial charge in [-0.3, -0.25) is 4.79 Å². The highest BCUT2D eigenvalue weighted by molar-refractivity contribution is 5.94. The Hall–Kier alpha value is -2.60. The first-order chi connectivity index (χ1) is 10.2. The average molecular weight is 276 g/mol. The first-order valence-corrected chi connectivity index (χ1v) is 7.05. The first-order valence-electron chi connectivity index (χ1n) is 7.05. The molecule has 0 radical (unpaired) electrons. The smallest absolute Gasteiger partial charge is 0.159 e. The van der Waals surface area contributed by atoms with Crippen LogP contribution in [0.4, 0.5) is 5.69 Å². The van der Waals surface area contributed by atoms with Crippen molar-refractivity contribution in [2.24, 2.45) is 0 Å². The van der Waals surface area contributed by atoms with Crippen molar-refractivity contribution in [3.05, 3.63) is 64.7 Å². The van der Waals surface area contributed by atoms with E-state index in [-0.39, 0.29) is 5.78 Å². The fraction of sp³-hybridized carbons (Fsp3) is 0.222. The molecule has 0 saturated heterocycles. The van der Waals surface area contributed by atoms with E-state index in [0.29, 0.717) is 5.56 Å². The normalized spacial score (nSPS) is 12.9. The number of anilines is 1. The maximum Gasteiger partial charge on any atom is 0.159 e. The maximum absolute atomic E-state index is 11.4. The Morgan fingerprint density at radius 1 is 1.29 bits per heavy atom. The van der Waals surface area contributed by atoms with Gasteiger partial charge in [0.2, 0.25) is 0 Å². The molecule has 0 spiro atoms. The van der Waals surface area contributed by atoms with Crippen LogP contribution in [0.5, 0.6) is 0 Å². The molecule has 0 aliphatic carbocycles. The van der Waals surface area contributed by atoms with Gasteiger partial charge in [0.1, 0.15) is 0 Å². The van der Waals surface area contributed by atoms with Crippen molar-refractivity contribution < 1.29 is 4.79 Å². The fourth-order valence-electron chi connectivity index (χ4n) is 2.81. The van der Waals surface area contributed by atoms with Gasteiger partial charge < -0.3 is 4.90 Å². The number of rotatable bonds is 3. The molecule has 1 aliphatic rings. The Balaban J connectivity index is 1.84. The molecule has 0 N–H and O–H groups in total. The molecule has 21 heavy (non-hydrogen) atoms. The molecular formula is C18H16N2O. The van der Waals surface area contributed by atoms with Crippen molar-refractivity contribution in [2.45, 2.75) is 19.9 Å². The van der Waals surface area contributed by atoms with Crippen LogP contribution < -0.4 is 4.90 Å². The van der Waals surface area contributed by atoms with Gasteiger partial charge in [0.25, 0.3) is 0 Å². The van der Waals surface area contributed by atoms with E-state index < -0.39 is 0 Å². The summed E-state index contributed by atoms with van der Waals surface area (Å²) in [6, 6.07) is 15.8. The SMILES string of the molecule is CC(=O)c1ccc2c(c1)CCN2Cc1cccc(C#N)c1. The molecule has 1 heterocycles. The van der Waals surface area contributed by atoms with Crippen molar-refractivity contribution in [1.29, 1.82) is 5.26 Å². The summed E-state index contributed by atoms with van der Waals surface area (Å²) < 4.78 is 0. The summed E-state index contributed by atoms with van der Waals surface area (Å²) in [4.78, 5) is 13.7. The van der Waals surface area contributed by atoms with Gasteiger partial charge in [-0.2, -0.15) is 5.26 Å². The number of ketones is 1. The largest absolute Gasteiger partial charge is 0.367 e. The number of fused-ring (bicyclic) bond motifs is 1. The minimum Gasteiger partial charge on any atom is -0.367 e. The lowest BCUT2D eigenvalue weighted by Gasteiger charge is -2.19. The number of hydrogen-bond acceptors (Lipinski definition) is 3. The molecule has 0 aromatic heterocycles. The predicted molar refractivity (Wildman–Crippen MR) is 82.4 cm³/mol. The zero-order valence-corrected chi connectivity index (χ0v) is 12.0. The number of nitrogens with zero attached hydrogens (tertiary/aromatic N) is 2. The molecule has 0 atom stereocenters. The second-order valence-corrected chi connectivity index (χ2v) is 5.38. The van der Waals surface area contributed by atoms with E-state index in [4.69, 9.17) is 5.26 Å². The summed E-state index contributed by atoms with van der Waals surface area (Å²) in [6.45, 7) is 3.34. The van der Waals surface area contributed by atoms with E-state index in [1.807, 2.05) is 42.5 Å². The minimum absolute atomic E-state index is 0.109. The Morgan fingerprint density at radius 2 is 2.14 bits per heavy atom. The molecule has 0 saturated carbocycles. The second-order valence-electron chi connectivity index (χ2n) is 5.38. The highest BCUT2D eigenvalue weighted by atomic mass is 16.1. The van der Waals surface area contributed by atoms with Gasteiger partial charge in [0.15, 0.2) is 5.78 Å². The zero-order valence-electron chi connectivity index (χ0n) is 12.0. The van der Waals surface area contributed by atoms with E-state index in [1.165, 1.54) is 11.3 Å². The summed E-state index contributed by atoms with van der Waals surface area (Å²) in [7, 11) is 0. The molecule has 2 aromatic carbocycles. The van der Waals surface area contributed by atoms with Crippen LogP contribution in [0.25, 0.3) is 0 Å². The molecule has 0 bridgehead atoms. The van der Waals surface area contributed by atoms with Crippen LogP contribution in [0.1, 0.15) is 34.0 Å². The number of benzene rings is 2. The fourth-order valence-corrected chi connectivity index (χ4v) is 2.81. The molecule has 2 aromatic rings. The summed E-state index contributed by atoms with van der Waals surface area (Å²) in [5.41, 5.74) is 5.04. The Bertz CT molecular complexity index is 743. The number of carbonyl (C=O) groups is 1. The van der Waals surface area contributed by atoms with Crippen LogP contribution in [0, 0.1) is 11.3 Å². The van der Waals surface area contributed by atoms with Gasteiger partial charge in [0.05, 0.1) is 11.6 Å². The number of Topliss-reactive ketones (excluding diaryl/α,β-unsaturated/α-hetero) is 1. The van der Waals surface area contributed by atoms with Gasteiger partial charge in [-0.25, -0.2) is 0 Å². The molecule has 1 aliphatic heterocycles. The van der Waals surface area contributed by atoms with E-state index >= 15 is 0 Å². The van der Waals surface area contributed by atoms with Gasteiger partial charge in [-0.05, 0) is 54.8 Å². The second kappa shape index (κ2) is 5.41. The quantitative estimate of drug-likeness (QED) is 0.808. The number of carbonyl (C=O) groups excluding carboxylic acids is 1. The number of nitriles is 1. The summed E-state index contributed by atoms with van der Waals surface area (Å²) in [6.07, 6.45) is 0.967. The molecule has 3 heteroatoms. The average Bonchev–Trinajstić information content (AvgIpc) is 2.90. The first kappa shape index (κ1) is 13.4. The molecule has 0 unspecified atom stereocenters. The van der Waals surface area contributed by atoms with Crippen LogP contribution in [-0.4, -0.2) is 12.3 Å². The monoisotopic (exact) mass is 276 g/mol. The van der Waals surface area contributed by atoms with Crippen LogP contribution in [0.3, 0.4) is 0 Å². The van der Waals surface area contributed by atoms with Crippen molar-refractivity contribution in [3.8, 4) is 6.07 Å². The van der Waals surface area contributed by atoms with Gasteiger partial charge in [-0.15, -0.1) is 0 Å². The molecule has 0 fully saturated rings. The Labute approximate surface area is 124 Å². The zero-order chi connectivity index (χ0) is 14.8. The molecule has 104 valence electrons. The third-order valence-corrected chi connectivity index (χ3v) is 3.91. The van der Waals surface area contributed by atoms with Gasteiger partial charge in [0, 0.05) is 24.3 Å². The van der Waals surface area contributed by atoms with E-state index in [2.05, 4.69) is 11.0 Å². The summed E-state index contributed by atoms with van der Waals surface area (Å²) in [5, 5.41) is 8.97. The van der Waals surface area contributed by atoms with Crippen LogP contribution >= 0.6 is 0 Å². The highest BCUT2D eigenvalue weighted by Gasteiger charge is 2.20. The van der Waals surface area contributed by atoms with Crippen molar-refractivity contribution in [1.82, 2.24) is 0 Å². The van der Waals surface area contributed by atoms with Crippen molar-refractivity contribution >= 4 is 11.5 Å². The third-order valence-electron chi connectivity index (χ3n) is 3.91. The summed E-state index contributed by atoms with van der Waals surface area (Å²) in [5.74, 6) is 0.109. The Kier molecular flexibility index (Phi) is 3.45. The van der Waals surface area contributed by atoms with E-state index in [1.54, 1.807) is 6.92 Å². The van der Waals surface area contributed by atoms with Crippen molar-refractivity contribution in [2.75, 3.05) is 11.4 Å². The van der Waals surface area contributed by atoms with Crippen LogP contribution in [0.2, 0.25) is 0 Å². The molecule has 0 amide bonds. The van der Waals surface area contributed by atoms with Crippen molar-refractivity contribution in [3.63, 3.8) is 0 Å². The predicted octanol–water partition coefficient (Wildman–Crippen LogP) is 3.32. The lowest BCUT2D eigenvalue weighted by molar-refractivity contribution is 0.101. The summed E-state index contributed by atoms with van der Waals surface area (Å²) >= 11 is 0. The highest BCUT2D eigenvalue weighted by Crippen LogP contribution is 2.30. The van der Waals surface area contributed by atoms with Crippen LogP contribution in [0.15, 0.2) is 42.5 Å². The lowest BCUT2D eigenvalue weighted by Crippen LogP contribution is -2.19. The molecule has 3 nitrogen and oxygen atoms in total. The molecule has 3 rings (SSSR count). The minimum atomic E-state index is 0.109. The maximum atomic E-state index is 11.4. The Morgan fingerprint density at radius 3 is 2.90 bits per heavy atom. The van der Waals surface area contributed by atoms with E-state index in [9.17, 15) is 4.79 Å². The number of hydrogen-bond donors (Lipinski definition) is 0. The lowest BCUT2D eigenvalue weighted by atomic mass is 10.1. The topological polar surface area (TPSA) is 44.1 Å². The van der Waals surface area contributed by atoms with Gasteiger partial charge >= 0.3 is 0 Å². The molecular weight excluding hydrogens is 260 g/mol.